The fourth-order valence-corrected chi connectivity index (χ4v) is 2.25. The molecule has 112 valence electrons. The summed E-state index contributed by atoms with van der Waals surface area (Å²) in [5.74, 6) is 0.900. The molecular formula is C13H23N5O2. The van der Waals surface area contributed by atoms with Crippen LogP contribution in [0.25, 0.3) is 0 Å². The SMILES string of the molecule is CN(C)c1ncc(CNC(=O)CC2COCCN2)n1C. The number of rotatable bonds is 5. The molecule has 1 amide bonds. The number of hydrogen-bond acceptors (Lipinski definition) is 5. The van der Waals surface area contributed by atoms with E-state index >= 15 is 0 Å². The number of hydrogen-bond donors (Lipinski definition) is 2. The molecule has 0 aliphatic carbocycles. The highest BCUT2D eigenvalue weighted by Crippen LogP contribution is 2.10. The molecule has 1 aromatic rings. The van der Waals surface area contributed by atoms with Crippen LogP contribution in [0.1, 0.15) is 12.1 Å². The number of aromatic nitrogens is 2. The predicted octanol–water partition coefficient (Wildman–Crippen LogP) is -0.519. The van der Waals surface area contributed by atoms with Gasteiger partial charge < -0.3 is 24.8 Å². The molecule has 0 saturated carbocycles. The van der Waals surface area contributed by atoms with Gasteiger partial charge >= 0.3 is 0 Å². The van der Waals surface area contributed by atoms with E-state index in [2.05, 4.69) is 15.6 Å². The van der Waals surface area contributed by atoms with E-state index in [0.29, 0.717) is 19.6 Å². The second-order valence-electron chi connectivity index (χ2n) is 5.21. The van der Waals surface area contributed by atoms with E-state index < -0.39 is 0 Å². The van der Waals surface area contributed by atoms with Crippen LogP contribution >= 0.6 is 0 Å². The van der Waals surface area contributed by atoms with E-state index in [4.69, 9.17) is 4.74 Å². The van der Waals surface area contributed by atoms with Gasteiger partial charge in [0, 0.05) is 40.2 Å². The summed E-state index contributed by atoms with van der Waals surface area (Å²) in [7, 11) is 5.83. The topological polar surface area (TPSA) is 71.4 Å². The van der Waals surface area contributed by atoms with E-state index in [9.17, 15) is 4.79 Å². The number of carbonyl (C=O) groups is 1. The molecule has 1 aliphatic heterocycles. The van der Waals surface area contributed by atoms with E-state index in [1.54, 1.807) is 6.20 Å². The molecule has 2 N–H and O–H groups in total. The smallest absolute Gasteiger partial charge is 0.221 e. The molecule has 1 aliphatic rings. The average molecular weight is 281 g/mol. The Kier molecular flexibility index (Phi) is 4.97. The lowest BCUT2D eigenvalue weighted by Crippen LogP contribution is -2.44. The summed E-state index contributed by atoms with van der Waals surface area (Å²) in [4.78, 5) is 18.1. The summed E-state index contributed by atoms with van der Waals surface area (Å²) in [6, 6.07) is 0.118. The molecule has 1 fully saturated rings. The zero-order valence-electron chi connectivity index (χ0n) is 12.3. The standard InChI is InChI=1S/C13H23N5O2/c1-17(2)13-16-8-11(18(13)3)7-15-12(19)6-10-9-20-5-4-14-10/h8,10,14H,4-7,9H2,1-3H3,(H,15,19). The molecule has 20 heavy (non-hydrogen) atoms. The maximum absolute atomic E-state index is 11.9. The van der Waals surface area contributed by atoms with Crippen molar-refractivity contribution in [2.45, 2.75) is 19.0 Å². The van der Waals surface area contributed by atoms with Crippen LogP contribution in [0.2, 0.25) is 0 Å². The zero-order valence-corrected chi connectivity index (χ0v) is 12.3. The quantitative estimate of drug-likeness (QED) is 0.760. The fourth-order valence-electron chi connectivity index (χ4n) is 2.25. The third-order valence-corrected chi connectivity index (χ3v) is 3.36. The fraction of sp³-hybridized carbons (Fsp3) is 0.692. The molecule has 2 heterocycles. The third kappa shape index (κ3) is 3.71. The summed E-state index contributed by atoms with van der Waals surface area (Å²) in [6.07, 6.45) is 2.23. The van der Waals surface area contributed by atoms with Crippen molar-refractivity contribution in [3.63, 3.8) is 0 Å². The molecule has 1 atom stereocenters. The first-order chi connectivity index (χ1) is 9.58. The second kappa shape index (κ2) is 6.71. The normalized spacial score (nSPS) is 18.9. The largest absolute Gasteiger partial charge is 0.378 e. The van der Waals surface area contributed by atoms with Crippen LogP contribution in [0.4, 0.5) is 5.95 Å². The summed E-state index contributed by atoms with van der Waals surface area (Å²) < 4.78 is 7.31. The maximum atomic E-state index is 11.9. The van der Waals surface area contributed by atoms with E-state index in [-0.39, 0.29) is 11.9 Å². The number of morpholine rings is 1. The van der Waals surface area contributed by atoms with Gasteiger partial charge in [0.1, 0.15) is 0 Å². The van der Waals surface area contributed by atoms with Gasteiger partial charge in [-0.25, -0.2) is 4.98 Å². The van der Waals surface area contributed by atoms with Gasteiger partial charge in [-0.1, -0.05) is 0 Å². The monoisotopic (exact) mass is 281 g/mol. The van der Waals surface area contributed by atoms with E-state index in [0.717, 1.165) is 24.8 Å². The summed E-state index contributed by atoms with van der Waals surface area (Å²) in [6.45, 7) is 2.62. The van der Waals surface area contributed by atoms with E-state index in [1.807, 2.05) is 30.6 Å². The Hall–Kier alpha value is -1.60. The second-order valence-corrected chi connectivity index (χ2v) is 5.21. The number of nitrogens with zero attached hydrogens (tertiary/aromatic N) is 3. The highest BCUT2D eigenvalue weighted by atomic mass is 16.5. The summed E-state index contributed by atoms with van der Waals surface area (Å²) in [5, 5.41) is 6.19. The minimum Gasteiger partial charge on any atom is -0.378 e. The maximum Gasteiger partial charge on any atom is 0.221 e. The van der Waals surface area contributed by atoms with Crippen molar-refractivity contribution in [2.24, 2.45) is 7.05 Å². The Balaban J connectivity index is 1.81. The minimum atomic E-state index is 0.0283. The van der Waals surface area contributed by atoms with Crippen LogP contribution in [0.5, 0.6) is 0 Å². The average Bonchev–Trinajstić information content (AvgIpc) is 2.79. The minimum absolute atomic E-state index is 0.0283. The van der Waals surface area contributed by atoms with Gasteiger partial charge in [-0.05, 0) is 0 Å². The first-order valence-corrected chi connectivity index (χ1v) is 6.83. The van der Waals surface area contributed by atoms with Gasteiger partial charge in [0.05, 0.1) is 31.6 Å². The molecule has 0 aromatic carbocycles. The van der Waals surface area contributed by atoms with Gasteiger partial charge in [-0.15, -0.1) is 0 Å². The van der Waals surface area contributed by atoms with Crippen LogP contribution in [0.15, 0.2) is 6.20 Å². The number of carbonyl (C=O) groups excluding carboxylic acids is 1. The van der Waals surface area contributed by atoms with Crippen LogP contribution in [0, 0.1) is 0 Å². The molecule has 1 aromatic heterocycles. The molecule has 7 nitrogen and oxygen atoms in total. The first-order valence-electron chi connectivity index (χ1n) is 6.83. The van der Waals surface area contributed by atoms with E-state index in [1.165, 1.54) is 0 Å². The Bertz CT molecular complexity index is 452. The highest BCUT2D eigenvalue weighted by Gasteiger charge is 2.17. The number of ether oxygens (including phenoxy) is 1. The van der Waals surface area contributed by atoms with Gasteiger partial charge in [0.15, 0.2) is 0 Å². The molecule has 0 spiro atoms. The van der Waals surface area contributed by atoms with Crippen molar-refractivity contribution in [3.8, 4) is 0 Å². The van der Waals surface area contributed by atoms with Crippen molar-refractivity contribution in [3.05, 3.63) is 11.9 Å². The summed E-state index contributed by atoms with van der Waals surface area (Å²) in [5.41, 5.74) is 0.981. The zero-order chi connectivity index (χ0) is 14.5. The van der Waals surface area contributed by atoms with Crippen LogP contribution in [0.3, 0.4) is 0 Å². The van der Waals surface area contributed by atoms with Crippen molar-refractivity contribution in [2.75, 3.05) is 38.8 Å². The molecule has 1 unspecified atom stereocenters. The predicted molar refractivity (Wildman–Crippen MR) is 76.6 cm³/mol. The molecule has 0 bridgehead atoms. The number of amides is 1. The Morgan fingerprint density at radius 1 is 1.65 bits per heavy atom. The molecule has 7 heteroatoms. The van der Waals surface area contributed by atoms with Crippen LogP contribution in [-0.4, -0.2) is 55.4 Å². The Morgan fingerprint density at radius 2 is 2.45 bits per heavy atom. The van der Waals surface area contributed by atoms with Crippen molar-refractivity contribution < 1.29 is 9.53 Å². The molecule has 0 radical (unpaired) electrons. The molecule has 2 rings (SSSR count). The van der Waals surface area contributed by atoms with Gasteiger partial charge in [0.2, 0.25) is 11.9 Å². The van der Waals surface area contributed by atoms with Gasteiger partial charge in [0.25, 0.3) is 0 Å². The third-order valence-electron chi connectivity index (χ3n) is 3.36. The lowest BCUT2D eigenvalue weighted by molar-refractivity contribution is -0.122. The Morgan fingerprint density at radius 3 is 3.05 bits per heavy atom. The lowest BCUT2D eigenvalue weighted by atomic mass is 10.2. The van der Waals surface area contributed by atoms with Crippen molar-refractivity contribution in [1.29, 1.82) is 0 Å². The number of imidazole rings is 1. The molecular weight excluding hydrogens is 258 g/mol. The van der Waals surface area contributed by atoms with Crippen LogP contribution < -0.4 is 15.5 Å². The first kappa shape index (κ1) is 14.8. The lowest BCUT2D eigenvalue weighted by Gasteiger charge is -2.23. The Labute approximate surface area is 119 Å². The van der Waals surface area contributed by atoms with Gasteiger partial charge in [-0.2, -0.15) is 0 Å². The van der Waals surface area contributed by atoms with Crippen LogP contribution in [-0.2, 0) is 23.1 Å². The van der Waals surface area contributed by atoms with Crippen molar-refractivity contribution in [1.82, 2.24) is 20.2 Å². The summed E-state index contributed by atoms with van der Waals surface area (Å²) >= 11 is 0. The number of anilines is 1. The van der Waals surface area contributed by atoms with Gasteiger partial charge in [-0.3, -0.25) is 4.79 Å². The highest BCUT2D eigenvalue weighted by molar-refractivity contribution is 5.76. The molecule has 1 saturated heterocycles. The van der Waals surface area contributed by atoms with Crippen molar-refractivity contribution >= 4 is 11.9 Å². The number of nitrogens with one attached hydrogen (secondary N) is 2.